The number of carbonyl (C=O) groups is 1. The minimum absolute atomic E-state index is 0.255. The van der Waals surface area contributed by atoms with Crippen molar-refractivity contribution >= 4 is 55.1 Å². The Hall–Kier alpha value is -2.37. The van der Waals surface area contributed by atoms with Crippen LogP contribution in [0.15, 0.2) is 42.5 Å². The van der Waals surface area contributed by atoms with Crippen LogP contribution in [0, 0.1) is 6.92 Å². The minimum atomic E-state index is -0.255. The number of amides is 1. The molecule has 0 saturated carbocycles. The van der Waals surface area contributed by atoms with Crippen LogP contribution < -0.4 is 5.32 Å². The van der Waals surface area contributed by atoms with E-state index in [4.69, 9.17) is 11.6 Å². The van der Waals surface area contributed by atoms with Crippen LogP contribution in [-0.4, -0.2) is 15.5 Å². The first-order chi connectivity index (χ1) is 11.5. The van der Waals surface area contributed by atoms with E-state index in [1.807, 2.05) is 54.9 Å². The fraction of sp³-hybridized carbons (Fsp3) is 0.111. The Kier molecular flexibility index (Phi) is 3.55. The number of aryl methyl sites for hydroxylation is 2. The predicted octanol–water partition coefficient (Wildman–Crippen LogP) is 5.00. The third-order valence-electron chi connectivity index (χ3n) is 4.02. The van der Waals surface area contributed by atoms with E-state index < -0.39 is 0 Å². The van der Waals surface area contributed by atoms with Crippen molar-refractivity contribution in [3.05, 3.63) is 58.7 Å². The summed E-state index contributed by atoms with van der Waals surface area (Å²) in [5.41, 5.74) is 3.41. The first kappa shape index (κ1) is 15.2. The molecule has 2 aromatic heterocycles. The number of anilines is 1. The quantitative estimate of drug-likeness (QED) is 0.550. The van der Waals surface area contributed by atoms with Crippen LogP contribution in [-0.2, 0) is 7.05 Å². The van der Waals surface area contributed by atoms with E-state index in [2.05, 4.69) is 16.4 Å². The third kappa shape index (κ3) is 2.37. The molecule has 4 nitrogen and oxygen atoms in total. The molecule has 24 heavy (non-hydrogen) atoms. The van der Waals surface area contributed by atoms with Gasteiger partial charge in [0, 0.05) is 18.0 Å². The largest absolute Gasteiger partial charge is 0.338 e. The molecule has 0 saturated heterocycles. The molecule has 1 amide bonds. The van der Waals surface area contributed by atoms with Gasteiger partial charge in [-0.3, -0.25) is 10.1 Å². The lowest BCUT2D eigenvalue weighted by Gasteiger charge is -2.04. The lowest BCUT2D eigenvalue weighted by Crippen LogP contribution is -2.15. The van der Waals surface area contributed by atoms with Crippen molar-refractivity contribution in [2.75, 3.05) is 5.32 Å². The van der Waals surface area contributed by atoms with E-state index in [9.17, 15) is 4.79 Å². The molecule has 6 heteroatoms. The Bertz CT molecular complexity index is 1060. The van der Waals surface area contributed by atoms with Crippen LogP contribution in [0.4, 0.5) is 5.13 Å². The lowest BCUT2D eigenvalue weighted by molar-refractivity contribution is 0.102. The smallest absolute Gasteiger partial charge is 0.275 e. The summed E-state index contributed by atoms with van der Waals surface area (Å²) in [6, 6.07) is 13.7. The molecule has 1 N–H and O–H groups in total. The van der Waals surface area contributed by atoms with Crippen LogP contribution in [0.25, 0.3) is 21.1 Å². The standard InChI is InChI=1S/C18H14ClN3OS/c1-10-7-8-12-14(9-10)24-18(20-12)21-17(23)16-15(19)11-5-3-4-6-13(11)22(16)2/h3-9H,1-2H3,(H,20,21,23). The van der Waals surface area contributed by atoms with Crippen LogP contribution >= 0.6 is 22.9 Å². The zero-order chi connectivity index (χ0) is 16.8. The summed E-state index contributed by atoms with van der Waals surface area (Å²) in [4.78, 5) is 17.2. The predicted molar refractivity (Wildman–Crippen MR) is 100 cm³/mol. The molecule has 0 unspecified atom stereocenters. The SMILES string of the molecule is Cc1ccc2nc(NC(=O)c3c(Cl)c4ccccc4n3C)sc2c1. The fourth-order valence-electron chi connectivity index (χ4n) is 2.84. The number of hydrogen-bond donors (Lipinski definition) is 1. The topological polar surface area (TPSA) is 46.9 Å². The molecule has 0 aliphatic rings. The Morgan fingerprint density at radius 1 is 1.25 bits per heavy atom. The Morgan fingerprint density at radius 3 is 2.83 bits per heavy atom. The number of nitrogens with one attached hydrogen (secondary N) is 1. The lowest BCUT2D eigenvalue weighted by atomic mass is 10.2. The highest BCUT2D eigenvalue weighted by molar-refractivity contribution is 7.22. The van der Waals surface area contributed by atoms with Gasteiger partial charge in [-0.05, 0) is 30.7 Å². The summed E-state index contributed by atoms with van der Waals surface area (Å²) < 4.78 is 2.86. The molecule has 0 aliphatic heterocycles. The maximum atomic E-state index is 12.7. The molecule has 0 fully saturated rings. The number of carbonyl (C=O) groups excluding carboxylic acids is 1. The van der Waals surface area contributed by atoms with Gasteiger partial charge in [-0.15, -0.1) is 0 Å². The van der Waals surface area contributed by atoms with Crippen molar-refractivity contribution in [2.24, 2.45) is 7.05 Å². The summed E-state index contributed by atoms with van der Waals surface area (Å²) in [5.74, 6) is -0.255. The monoisotopic (exact) mass is 355 g/mol. The zero-order valence-electron chi connectivity index (χ0n) is 13.1. The maximum Gasteiger partial charge on any atom is 0.275 e. The molecular weight excluding hydrogens is 342 g/mol. The van der Waals surface area contributed by atoms with E-state index in [1.54, 1.807) is 0 Å². The molecule has 2 heterocycles. The third-order valence-corrected chi connectivity index (χ3v) is 5.34. The maximum absolute atomic E-state index is 12.7. The van der Waals surface area contributed by atoms with Crippen LogP contribution in [0.2, 0.25) is 5.02 Å². The number of halogens is 1. The number of rotatable bonds is 2. The first-order valence-corrected chi connectivity index (χ1v) is 8.65. The van der Waals surface area contributed by atoms with E-state index in [0.717, 1.165) is 21.1 Å². The number of thiazole rings is 1. The normalized spacial score (nSPS) is 11.3. The van der Waals surface area contributed by atoms with E-state index in [0.29, 0.717) is 15.8 Å². The number of fused-ring (bicyclic) bond motifs is 2. The Labute approximate surface area is 147 Å². The van der Waals surface area contributed by atoms with E-state index in [-0.39, 0.29) is 5.91 Å². The van der Waals surface area contributed by atoms with Gasteiger partial charge in [0.1, 0.15) is 5.69 Å². The fourth-order valence-corrected chi connectivity index (χ4v) is 4.17. The summed E-state index contributed by atoms with van der Waals surface area (Å²) >= 11 is 7.88. The van der Waals surface area contributed by atoms with Gasteiger partial charge in [-0.1, -0.05) is 47.2 Å². The second kappa shape index (κ2) is 5.61. The molecule has 0 spiro atoms. The van der Waals surface area contributed by atoms with Gasteiger partial charge < -0.3 is 4.57 Å². The second-order valence-electron chi connectivity index (χ2n) is 5.68. The van der Waals surface area contributed by atoms with Crippen LogP contribution in [0.3, 0.4) is 0 Å². The highest BCUT2D eigenvalue weighted by Gasteiger charge is 2.20. The van der Waals surface area contributed by atoms with Gasteiger partial charge in [0.2, 0.25) is 0 Å². The van der Waals surface area contributed by atoms with Crippen molar-refractivity contribution in [1.82, 2.24) is 9.55 Å². The number of para-hydroxylation sites is 1. The molecule has 4 aromatic rings. The van der Waals surface area contributed by atoms with Crippen LogP contribution in [0.5, 0.6) is 0 Å². The highest BCUT2D eigenvalue weighted by Crippen LogP contribution is 2.31. The molecule has 120 valence electrons. The summed E-state index contributed by atoms with van der Waals surface area (Å²) in [6.45, 7) is 2.03. The average molecular weight is 356 g/mol. The molecule has 0 bridgehead atoms. The molecule has 2 aromatic carbocycles. The second-order valence-corrected chi connectivity index (χ2v) is 7.09. The van der Waals surface area contributed by atoms with Crippen molar-refractivity contribution in [1.29, 1.82) is 0 Å². The number of nitrogens with zero attached hydrogens (tertiary/aromatic N) is 2. The number of aromatic nitrogens is 2. The van der Waals surface area contributed by atoms with Crippen molar-refractivity contribution in [3.63, 3.8) is 0 Å². The van der Waals surface area contributed by atoms with E-state index >= 15 is 0 Å². The molecular formula is C18H14ClN3OS. The van der Waals surface area contributed by atoms with Gasteiger partial charge in [0.25, 0.3) is 5.91 Å². The Morgan fingerprint density at radius 2 is 2.04 bits per heavy atom. The van der Waals surface area contributed by atoms with Gasteiger partial charge in [-0.2, -0.15) is 0 Å². The summed E-state index contributed by atoms with van der Waals surface area (Å²) in [5, 5.41) is 4.77. The zero-order valence-corrected chi connectivity index (χ0v) is 14.7. The molecule has 0 radical (unpaired) electrons. The Balaban J connectivity index is 1.73. The van der Waals surface area contributed by atoms with Gasteiger partial charge >= 0.3 is 0 Å². The van der Waals surface area contributed by atoms with Crippen LogP contribution in [0.1, 0.15) is 16.1 Å². The summed E-state index contributed by atoms with van der Waals surface area (Å²) in [6.07, 6.45) is 0. The van der Waals surface area contributed by atoms with Gasteiger partial charge in [-0.25, -0.2) is 4.98 Å². The molecule has 4 rings (SSSR count). The summed E-state index contributed by atoms with van der Waals surface area (Å²) in [7, 11) is 1.84. The number of hydrogen-bond acceptors (Lipinski definition) is 3. The molecule has 0 atom stereocenters. The first-order valence-electron chi connectivity index (χ1n) is 7.46. The highest BCUT2D eigenvalue weighted by atomic mass is 35.5. The van der Waals surface area contributed by atoms with E-state index in [1.165, 1.54) is 16.9 Å². The minimum Gasteiger partial charge on any atom is -0.338 e. The van der Waals surface area contributed by atoms with Crippen molar-refractivity contribution < 1.29 is 4.79 Å². The molecule has 0 aliphatic carbocycles. The van der Waals surface area contributed by atoms with Crippen molar-refractivity contribution in [3.8, 4) is 0 Å². The average Bonchev–Trinajstić information content (AvgIpc) is 3.06. The van der Waals surface area contributed by atoms with Gasteiger partial charge in [0.15, 0.2) is 5.13 Å². The number of benzene rings is 2. The van der Waals surface area contributed by atoms with Gasteiger partial charge in [0.05, 0.1) is 15.2 Å². The van der Waals surface area contributed by atoms with Crippen molar-refractivity contribution in [2.45, 2.75) is 6.92 Å².